The fraction of sp³-hybridized carbons (Fsp3) is 0.474. The van der Waals surface area contributed by atoms with E-state index >= 15 is 0 Å². The zero-order chi connectivity index (χ0) is 17.1. The number of pyridine rings is 1. The van der Waals surface area contributed by atoms with Gasteiger partial charge in [-0.25, -0.2) is 4.98 Å². The molecule has 5 heteroatoms. The molecule has 0 bridgehead atoms. The molecule has 128 valence electrons. The molecule has 0 aliphatic carbocycles. The number of benzene rings is 1. The number of aryl methyl sites for hydroxylation is 2. The summed E-state index contributed by atoms with van der Waals surface area (Å²) in [6.45, 7) is 6.25. The number of hydrogen-bond acceptors (Lipinski definition) is 4. The quantitative estimate of drug-likeness (QED) is 0.847. The molecule has 1 aromatic heterocycles. The lowest BCUT2D eigenvalue weighted by Crippen LogP contribution is -2.36. The van der Waals surface area contributed by atoms with E-state index in [1.54, 1.807) is 11.8 Å². The number of hydrogen-bond donors (Lipinski definition) is 1. The van der Waals surface area contributed by atoms with Crippen LogP contribution in [0.5, 0.6) is 0 Å². The number of likely N-dealkylation sites (N-methyl/N-ethyl adjacent to an activating group) is 1. The summed E-state index contributed by atoms with van der Waals surface area (Å²) in [5.74, 6) is 0.911. The Balaban J connectivity index is 1.54. The number of rotatable bonds is 5. The van der Waals surface area contributed by atoms with Crippen molar-refractivity contribution >= 4 is 28.6 Å². The maximum atomic E-state index is 12.0. The SMILES string of the molecule is Cc1ccc2nc(SCCC(=O)NC3CCN(C)C3)cc(C)c2c1. The number of nitrogens with one attached hydrogen (secondary N) is 1. The van der Waals surface area contributed by atoms with Crippen molar-refractivity contribution in [2.24, 2.45) is 0 Å². The molecule has 2 aromatic rings. The van der Waals surface area contributed by atoms with Gasteiger partial charge in [-0.15, -0.1) is 11.8 Å². The van der Waals surface area contributed by atoms with Crippen LogP contribution in [0.15, 0.2) is 29.3 Å². The molecular weight excluding hydrogens is 318 g/mol. The third kappa shape index (κ3) is 4.28. The summed E-state index contributed by atoms with van der Waals surface area (Å²) in [6.07, 6.45) is 1.60. The highest BCUT2D eigenvalue weighted by atomic mass is 32.2. The summed E-state index contributed by atoms with van der Waals surface area (Å²) in [6, 6.07) is 8.78. The summed E-state index contributed by atoms with van der Waals surface area (Å²) < 4.78 is 0. The summed E-state index contributed by atoms with van der Waals surface area (Å²) in [4.78, 5) is 19.0. The van der Waals surface area contributed by atoms with Crippen LogP contribution in [0.3, 0.4) is 0 Å². The minimum Gasteiger partial charge on any atom is -0.352 e. The Labute approximate surface area is 148 Å². The molecule has 3 rings (SSSR count). The van der Waals surface area contributed by atoms with Crippen LogP contribution in [0.1, 0.15) is 24.0 Å². The summed E-state index contributed by atoms with van der Waals surface area (Å²) in [5, 5.41) is 5.34. The van der Waals surface area contributed by atoms with Crippen molar-refractivity contribution in [2.45, 2.75) is 37.8 Å². The van der Waals surface area contributed by atoms with Gasteiger partial charge in [-0.05, 0) is 57.6 Å². The summed E-state index contributed by atoms with van der Waals surface area (Å²) in [5.41, 5.74) is 3.52. The van der Waals surface area contributed by atoms with E-state index in [1.165, 1.54) is 16.5 Å². The number of likely N-dealkylation sites (tertiary alicyclic amines) is 1. The van der Waals surface area contributed by atoms with E-state index < -0.39 is 0 Å². The first-order valence-corrected chi connectivity index (χ1v) is 9.48. The molecule has 1 aliphatic rings. The minimum atomic E-state index is 0.149. The highest BCUT2D eigenvalue weighted by Crippen LogP contribution is 2.25. The van der Waals surface area contributed by atoms with E-state index in [1.807, 2.05) is 0 Å². The molecule has 1 fully saturated rings. The fourth-order valence-corrected chi connectivity index (χ4v) is 4.07. The standard InChI is InChI=1S/C19H25N3OS/c1-13-4-5-17-16(10-13)14(2)11-19(21-17)24-9-7-18(23)20-15-6-8-22(3)12-15/h4-5,10-11,15H,6-9,12H2,1-3H3,(H,20,23). The largest absolute Gasteiger partial charge is 0.352 e. The van der Waals surface area contributed by atoms with Crippen LogP contribution >= 0.6 is 11.8 Å². The van der Waals surface area contributed by atoms with E-state index in [9.17, 15) is 4.79 Å². The Kier molecular flexibility index (Phi) is 5.41. The monoisotopic (exact) mass is 343 g/mol. The van der Waals surface area contributed by atoms with Crippen LogP contribution < -0.4 is 5.32 Å². The van der Waals surface area contributed by atoms with E-state index in [0.717, 1.165) is 35.8 Å². The Hall–Kier alpha value is -1.59. The zero-order valence-electron chi connectivity index (χ0n) is 14.6. The molecule has 1 atom stereocenters. The molecule has 0 radical (unpaired) electrons. The van der Waals surface area contributed by atoms with Crippen molar-refractivity contribution in [3.8, 4) is 0 Å². The molecule has 1 unspecified atom stereocenters. The molecule has 1 aliphatic heterocycles. The first kappa shape index (κ1) is 17.2. The van der Waals surface area contributed by atoms with Crippen LogP contribution in [0.2, 0.25) is 0 Å². The van der Waals surface area contributed by atoms with Gasteiger partial charge >= 0.3 is 0 Å². The van der Waals surface area contributed by atoms with Gasteiger partial charge in [0.2, 0.25) is 5.91 Å². The van der Waals surface area contributed by atoms with Crippen molar-refractivity contribution < 1.29 is 4.79 Å². The van der Waals surface area contributed by atoms with E-state index in [-0.39, 0.29) is 5.91 Å². The number of thioether (sulfide) groups is 1. The number of carbonyl (C=O) groups excluding carboxylic acids is 1. The third-order valence-electron chi connectivity index (χ3n) is 4.48. The van der Waals surface area contributed by atoms with Crippen molar-refractivity contribution in [1.82, 2.24) is 15.2 Å². The molecule has 2 heterocycles. The molecule has 0 spiro atoms. The number of carbonyl (C=O) groups is 1. The second kappa shape index (κ2) is 7.53. The third-order valence-corrected chi connectivity index (χ3v) is 5.40. The van der Waals surface area contributed by atoms with E-state index in [0.29, 0.717) is 12.5 Å². The predicted molar refractivity (Wildman–Crippen MR) is 101 cm³/mol. The molecular formula is C19H25N3OS. The van der Waals surface area contributed by atoms with Crippen molar-refractivity contribution in [2.75, 3.05) is 25.9 Å². The second-order valence-electron chi connectivity index (χ2n) is 6.71. The maximum Gasteiger partial charge on any atom is 0.221 e. The molecule has 0 saturated carbocycles. The average molecular weight is 343 g/mol. The molecule has 1 N–H and O–H groups in total. The Morgan fingerprint density at radius 2 is 2.21 bits per heavy atom. The molecule has 1 aromatic carbocycles. The van der Waals surface area contributed by atoms with Gasteiger partial charge in [0.25, 0.3) is 0 Å². The minimum absolute atomic E-state index is 0.149. The molecule has 24 heavy (non-hydrogen) atoms. The summed E-state index contributed by atoms with van der Waals surface area (Å²) in [7, 11) is 2.09. The van der Waals surface area contributed by atoms with Gasteiger partial charge in [0, 0.05) is 30.1 Å². The van der Waals surface area contributed by atoms with Crippen LogP contribution in [-0.2, 0) is 4.79 Å². The Bertz CT molecular complexity index is 747. The van der Waals surface area contributed by atoms with Crippen molar-refractivity contribution in [3.63, 3.8) is 0 Å². The normalized spacial score (nSPS) is 18.2. The lowest BCUT2D eigenvalue weighted by molar-refractivity contribution is -0.121. The van der Waals surface area contributed by atoms with Gasteiger partial charge < -0.3 is 10.2 Å². The Morgan fingerprint density at radius 3 is 2.96 bits per heavy atom. The van der Waals surface area contributed by atoms with Gasteiger partial charge in [0.15, 0.2) is 0 Å². The van der Waals surface area contributed by atoms with Gasteiger partial charge in [-0.1, -0.05) is 11.6 Å². The second-order valence-corrected chi connectivity index (χ2v) is 7.83. The van der Waals surface area contributed by atoms with Gasteiger partial charge in [0.1, 0.15) is 0 Å². The molecule has 4 nitrogen and oxygen atoms in total. The van der Waals surface area contributed by atoms with Gasteiger partial charge in [-0.3, -0.25) is 4.79 Å². The zero-order valence-corrected chi connectivity index (χ0v) is 15.4. The highest BCUT2D eigenvalue weighted by Gasteiger charge is 2.20. The summed E-state index contributed by atoms with van der Waals surface area (Å²) >= 11 is 1.66. The lowest BCUT2D eigenvalue weighted by atomic mass is 10.1. The smallest absolute Gasteiger partial charge is 0.221 e. The fourth-order valence-electron chi connectivity index (χ4n) is 3.15. The molecule has 1 amide bonds. The van der Waals surface area contributed by atoms with Gasteiger partial charge in [-0.2, -0.15) is 0 Å². The first-order valence-electron chi connectivity index (χ1n) is 8.50. The maximum absolute atomic E-state index is 12.0. The molecule has 1 saturated heterocycles. The lowest BCUT2D eigenvalue weighted by Gasteiger charge is -2.12. The first-order chi connectivity index (χ1) is 11.5. The van der Waals surface area contributed by atoms with Crippen LogP contribution in [-0.4, -0.2) is 47.7 Å². The average Bonchev–Trinajstić information content (AvgIpc) is 2.93. The number of amides is 1. The predicted octanol–water partition coefficient (Wildman–Crippen LogP) is 3.15. The van der Waals surface area contributed by atoms with Crippen LogP contribution in [0.25, 0.3) is 10.9 Å². The number of fused-ring (bicyclic) bond motifs is 1. The number of aromatic nitrogens is 1. The van der Waals surface area contributed by atoms with Gasteiger partial charge in [0.05, 0.1) is 10.5 Å². The van der Waals surface area contributed by atoms with Crippen molar-refractivity contribution in [3.05, 3.63) is 35.4 Å². The van der Waals surface area contributed by atoms with Crippen LogP contribution in [0.4, 0.5) is 0 Å². The van der Waals surface area contributed by atoms with E-state index in [4.69, 9.17) is 4.98 Å². The van der Waals surface area contributed by atoms with Crippen molar-refractivity contribution in [1.29, 1.82) is 0 Å². The topological polar surface area (TPSA) is 45.2 Å². The highest BCUT2D eigenvalue weighted by molar-refractivity contribution is 7.99. The van der Waals surface area contributed by atoms with E-state index in [2.05, 4.69) is 55.4 Å². The van der Waals surface area contributed by atoms with Crippen LogP contribution in [0, 0.1) is 13.8 Å². The Morgan fingerprint density at radius 1 is 1.38 bits per heavy atom. The number of nitrogens with zero attached hydrogens (tertiary/aromatic N) is 2.